The third-order valence-corrected chi connectivity index (χ3v) is 6.50. The summed E-state index contributed by atoms with van der Waals surface area (Å²) in [6.45, 7) is 3.00. The van der Waals surface area contributed by atoms with Gasteiger partial charge in [-0.05, 0) is 34.0 Å². The Morgan fingerprint density at radius 1 is 0.727 bits per heavy atom. The smallest absolute Gasteiger partial charge is 0.257 e. The standard InChI is InChI=1S/C29H28N2O2/c1-33-27-21-25-15-9-8-14-24(25)20-26(27)29(32)31-18-16-30(17-19-31)28(22-10-4-2-5-11-22)23-12-6-3-7-13-23/h2-15,20-21,28H,16-19H2,1H3. The molecule has 0 bridgehead atoms. The molecule has 4 aromatic rings. The van der Waals surface area contributed by atoms with Gasteiger partial charge in [0.2, 0.25) is 0 Å². The zero-order valence-corrected chi connectivity index (χ0v) is 18.9. The number of rotatable bonds is 5. The van der Waals surface area contributed by atoms with Gasteiger partial charge in [-0.15, -0.1) is 0 Å². The Morgan fingerprint density at radius 3 is 1.79 bits per heavy atom. The van der Waals surface area contributed by atoms with E-state index in [2.05, 4.69) is 65.6 Å². The summed E-state index contributed by atoms with van der Waals surface area (Å²) in [7, 11) is 1.63. The normalized spacial score (nSPS) is 14.5. The SMILES string of the molecule is COc1cc2ccccc2cc1C(=O)N1CCN(C(c2ccccc2)c2ccccc2)CC1. The second-order valence-corrected chi connectivity index (χ2v) is 8.45. The van der Waals surface area contributed by atoms with E-state index in [1.807, 2.05) is 41.3 Å². The van der Waals surface area contributed by atoms with Gasteiger partial charge in [0, 0.05) is 26.2 Å². The van der Waals surface area contributed by atoms with Gasteiger partial charge in [-0.2, -0.15) is 0 Å². The quantitative estimate of drug-likeness (QED) is 0.420. The first-order chi connectivity index (χ1) is 16.2. The number of carbonyl (C=O) groups excluding carboxylic acids is 1. The molecule has 4 aromatic carbocycles. The molecule has 0 radical (unpaired) electrons. The summed E-state index contributed by atoms with van der Waals surface area (Å²) < 4.78 is 5.58. The highest BCUT2D eigenvalue weighted by atomic mass is 16.5. The van der Waals surface area contributed by atoms with Gasteiger partial charge in [-0.25, -0.2) is 0 Å². The van der Waals surface area contributed by atoms with Crippen LogP contribution < -0.4 is 4.74 Å². The Labute approximate surface area is 195 Å². The van der Waals surface area contributed by atoms with Crippen molar-refractivity contribution in [2.24, 2.45) is 0 Å². The number of piperazine rings is 1. The van der Waals surface area contributed by atoms with Gasteiger partial charge in [-0.3, -0.25) is 9.69 Å². The van der Waals surface area contributed by atoms with Crippen LogP contribution in [-0.4, -0.2) is 49.0 Å². The Balaban J connectivity index is 1.37. The maximum Gasteiger partial charge on any atom is 0.257 e. The summed E-state index contributed by atoms with van der Waals surface area (Å²) in [5.74, 6) is 0.667. The van der Waals surface area contributed by atoms with E-state index < -0.39 is 0 Å². The predicted molar refractivity (Wildman–Crippen MR) is 133 cm³/mol. The molecule has 1 aliphatic heterocycles. The molecule has 0 atom stereocenters. The molecule has 0 saturated carbocycles. The molecular formula is C29H28N2O2. The van der Waals surface area contributed by atoms with Crippen molar-refractivity contribution in [3.05, 3.63) is 114 Å². The van der Waals surface area contributed by atoms with Gasteiger partial charge in [0.25, 0.3) is 5.91 Å². The van der Waals surface area contributed by atoms with Crippen molar-refractivity contribution in [2.75, 3.05) is 33.3 Å². The molecule has 1 aliphatic rings. The molecule has 166 valence electrons. The second-order valence-electron chi connectivity index (χ2n) is 8.45. The first-order valence-electron chi connectivity index (χ1n) is 11.4. The van der Waals surface area contributed by atoms with E-state index in [4.69, 9.17) is 4.74 Å². The minimum atomic E-state index is 0.0354. The van der Waals surface area contributed by atoms with E-state index in [1.54, 1.807) is 7.11 Å². The molecule has 0 N–H and O–H groups in total. The topological polar surface area (TPSA) is 32.8 Å². The highest BCUT2D eigenvalue weighted by Crippen LogP contribution is 2.31. The molecule has 1 heterocycles. The van der Waals surface area contributed by atoms with Crippen molar-refractivity contribution in [3.8, 4) is 5.75 Å². The number of fused-ring (bicyclic) bond motifs is 1. The lowest BCUT2D eigenvalue weighted by molar-refractivity contribution is 0.0594. The Hall–Kier alpha value is -3.63. The molecule has 5 rings (SSSR count). The van der Waals surface area contributed by atoms with Gasteiger partial charge >= 0.3 is 0 Å². The average molecular weight is 437 g/mol. The second kappa shape index (κ2) is 9.47. The highest BCUT2D eigenvalue weighted by molar-refractivity contribution is 6.01. The molecule has 4 nitrogen and oxygen atoms in total. The predicted octanol–water partition coefficient (Wildman–Crippen LogP) is 5.40. The Morgan fingerprint density at radius 2 is 1.24 bits per heavy atom. The number of ether oxygens (including phenoxy) is 1. The fourth-order valence-electron chi connectivity index (χ4n) is 4.79. The first kappa shape index (κ1) is 21.2. The summed E-state index contributed by atoms with van der Waals surface area (Å²) in [6.07, 6.45) is 0. The highest BCUT2D eigenvalue weighted by Gasteiger charge is 2.29. The van der Waals surface area contributed by atoms with Crippen molar-refractivity contribution < 1.29 is 9.53 Å². The maximum atomic E-state index is 13.5. The molecule has 0 aliphatic carbocycles. The van der Waals surface area contributed by atoms with Crippen molar-refractivity contribution in [2.45, 2.75) is 6.04 Å². The fraction of sp³-hybridized carbons (Fsp3) is 0.207. The van der Waals surface area contributed by atoms with Crippen LogP contribution in [-0.2, 0) is 0 Å². The lowest BCUT2D eigenvalue weighted by atomic mass is 9.96. The van der Waals surface area contributed by atoms with Crippen LogP contribution in [0.25, 0.3) is 10.8 Å². The monoisotopic (exact) mass is 436 g/mol. The van der Waals surface area contributed by atoms with Crippen LogP contribution in [0, 0.1) is 0 Å². The molecule has 33 heavy (non-hydrogen) atoms. The number of nitrogens with zero attached hydrogens (tertiary/aromatic N) is 2. The van der Waals surface area contributed by atoms with Crippen LogP contribution in [0.5, 0.6) is 5.75 Å². The molecule has 1 amide bonds. The van der Waals surface area contributed by atoms with Crippen LogP contribution in [0.15, 0.2) is 97.1 Å². The van der Waals surface area contributed by atoms with Crippen molar-refractivity contribution in [1.29, 1.82) is 0 Å². The molecule has 0 unspecified atom stereocenters. The van der Waals surface area contributed by atoms with Crippen LogP contribution >= 0.6 is 0 Å². The number of benzene rings is 4. The number of amides is 1. The molecule has 1 fully saturated rings. The molecular weight excluding hydrogens is 408 g/mol. The Kier molecular flexibility index (Phi) is 6.09. The van der Waals surface area contributed by atoms with Gasteiger partial charge < -0.3 is 9.64 Å². The van der Waals surface area contributed by atoms with Crippen molar-refractivity contribution in [3.63, 3.8) is 0 Å². The Bertz CT molecular complexity index is 1190. The van der Waals surface area contributed by atoms with Crippen LogP contribution in [0.4, 0.5) is 0 Å². The number of hydrogen-bond donors (Lipinski definition) is 0. The summed E-state index contributed by atoms with van der Waals surface area (Å²) in [5.41, 5.74) is 3.19. The summed E-state index contributed by atoms with van der Waals surface area (Å²) in [4.78, 5) is 17.9. The first-order valence-corrected chi connectivity index (χ1v) is 11.4. The van der Waals surface area contributed by atoms with E-state index in [0.717, 1.165) is 23.9 Å². The van der Waals surface area contributed by atoms with E-state index in [-0.39, 0.29) is 11.9 Å². The number of methoxy groups -OCH3 is 1. The molecule has 4 heteroatoms. The van der Waals surface area contributed by atoms with Gasteiger partial charge in [-0.1, -0.05) is 84.9 Å². The van der Waals surface area contributed by atoms with E-state index in [9.17, 15) is 4.79 Å². The van der Waals surface area contributed by atoms with E-state index in [1.165, 1.54) is 11.1 Å². The van der Waals surface area contributed by atoms with Crippen LogP contribution in [0.1, 0.15) is 27.5 Å². The maximum absolute atomic E-state index is 13.5. The molecule has 1 saturated heterocycles. The zero-order chi connectivity index (χ0) is 22.6. The third-order valence-electron chi connectivity index (χ3n) is 6.50. The van der Waals surface area contributed by atoms with E-state index in [0.29, 0.717) is 24.4 Å². The van der Waals surface area contributed by atoms with Crippen LogP contribution in [0.3, 0.4) is 0 Å². The van der Waals surface area contributed by atoms with Gasteiger partial charge in [0.1, 0.15) is 5.75 Å². The third kappa shape index (κ3) is 4.35. The average Bonchev–Trinajstić information content (AvgIpc) is 2.89. The minimum Gasteiger partial charge on any atom is -0.496 e. The number of hydrogen-bond acceptors (Lipinski definition) is 3. The fourth-order valence-corrected chi connectivity index (χ4v) is 4.79. The largest absolute Gasteiger partial charge is 0.496 e. The summed E-state index contributed by atoms with van der Waals surface area (Å²) in [5, 5.41) is 2.12. The zero-order valence-electron chi connectivity index (χ0n) is 18.9. The summed E-state index contributed by atoms with van der Waals surface area (Å²) >= 11 is 0. The number of carbonyl (C=O) groups is 1. The van der Waals surface area contributed by atoms with Gasteiger partial charge in [0.15, 0.2) is 0 Å². The lowest BCUT2D eigenvalue weighted by Crippen LogP contribution is -2.49. The lowest BCUT2D eigenvalue weighted by Gasteiger charge is -2.40. The summed E-state index contributed by atoms with van der Waals surface area (Å²) in [6, 6.07) is 33.4. The minimum absolute atomic E-state index is 0.0354. The van der Waals surface area contributed by atoms with Crippen LogP contribution in [0.2, 0.25) is 0 Å². The van der Waals surface area contributed by atoms with E-state index >= 15 is 0 Å². The molecule has 0 spiro atoms. The van der Waals surface area contributed by atoms with Crippen molar-refractivity contribution in [1.82, 2.24) is 9.80 Å². The van der Waals surface area contributed by atoms with Gasteiger partial charge in [0.05, 0.1) is 18.7 Å². The van der Waals surface area contributed by atoms with Crippen molar-refractivity contribution >= 4 is 16.7 Å². The molecule has 0 aromatic heterocycles.